The molecule has 5 heteroatoms. The third-order valence-electron chi connectivity index (χ3n) is 2.47. The molecule has 16 heavy (non-hydrogen) atoms. The van der Waals surface area contributed by atoms with Gasteiger partial charge in [0.05, 0.1) is 24.1 Å². The second kappa shape index (κ2) is 4.30. The lowest BCUT2D eigenvalue weighted by atomic mass is 10.2. The van der Waals surface area contributed by atoms with Crippen molar-refractivity contribution in [3.8, 4) is 0 Å². The number of aromatic nitrogens is 3. The number of hydrogen-bond donors (Lipinski definition) is 0. The molecule has 0 amide bonds. The zero-order chi connectivity index (χ0) is 11.5. The standard InChI is InChI=1S/C11H13FN4/c1-15(8-9-7-13-14-16(9)2)11-6-4-3-5-10(11)12/h3-7H,8H2,1-2H3. The van der Waals surface area contributed by atoms with Crippen LogP contribution < -0.4 is 4.90 Å². The van der Waals surface area contributed by atoms with E-state index >= 15 is 0 Å². The Hall–Kier alpha value is -1.91. The van der Waals surface area contributed by atoms with Crippen molar-refractivity contribution in [1.82, 2.24) is 15.0 Å². The van der Waals surface area contributed by atoms with Crippen molar-refractivity contribution in [1.29, 1.82) is 0 Å². The first-order valence-electron chi connectivity index (χ1n) is 4.97. The lowest BCUT2D eigenvalue weighted by Crippen LogP contribution is -2.19. The number of nitrogens with zero attached hydrogens (tertiary/aromatic N) is 4. The molecule has 0 spiro atoms. The molecule has 84 valence electrons. The van der Waals surface area contributed by atoms with E-state index in [1.54, 1.807) is 23.0 Å². The monoisotopic (exact) mass is 220 g/mol. The lowest BCUT2D eigenvalue weighted by molar-refractivity contribution is 0.617. The van der Waals surface area contributed by atoms with Crippen molar-refractivity contribution >= 4 is 5.69 Å². The second-order valence-corrected chi connectivity index (χ2v) is 3.66. The van der Waals surface area contributed by atoms with E-state index in [2.05, 4.69) is 10.3 Å². The van der Waals surface area contributed by atoms with Crippen LogP contribution in [0.1, 0.15) is 5.69 Å². The number of aryl methyl sites for hydroxylation is 1. The topological polar surface area (TPSA) is 34.0 Å². The van der Waals surface area contributed by atoms with Crippen molar-refractivity contribution in [2.24, 2.45) is 7.05 Å². The van der Waals surface area contributed by atoms with Gasteiger partial charge in [0.1, 0.15) is 5.82 Å². The fourth-order valence-electron chi connectivity index (χ4n) is 1.54. The van der Waals surface area contributed by atoms with Gasteiger partial charge >= 0.3 is 0 Å². The molecular weight excluding hydrogens is 207 g/mol. The molecule has 0 atom stereocenters. The second-order valence-electron chi connectivity index (χ2n) is 3.66. The molecule has 0 N–H and O–H groups in total. The molecule has 0 aliphatic carbocycles. The van der Waals surface area contributed by atoms with Gasteiger partial charge in [0.15, 0.2) is 0 Å². The summed E-state index contributed by atoms with van der Waals surface area (Å²) in [5.41, 5.74) is 1.51. The quantitative estimate of drug-likeness (QED) is 0.787. The van der Waals surface area contributed by atoms with Crippen molar-refractivity contribution < 1.29 is 4.39 Å². The predicted molar refractivity (Wildman–Crippen MR) is 59.5 cm³/mol. The molecule has 0 aliphatic heterocycles. The van der Waals surface area contributed by atoms with Crippen LogP contribution in [0.2, 0.25) is 0 Å². The summed E-state index contributed by atoms with van der Waals surface area (Å²) < 4.78 is 15.2. The molecule has 0 radical (unpaired) electrons. The highest BCUT2D eigenvalue weighted by molar-refractivity contribution is 5.46. The summed E-state index contributed by atoms with van der Waals surface area (Å²) >= 11 is 0. The van der Waals surface area contributed by atoms with Gasteiger partial charge in [-0.05, 0) is 12.1 Å². The predicted octanol–water partition coefficient (Wildman–Crippen LogP) is 1.59. The summed E-state index contributed by atoms with van der Waals surface area (Å²) in [5, 5.41) is 7.62. The van der Waals surface area contributed by atoms with E-state index in [9.17, 15) is 4.39 Å². The van der Waals surface area contributed by atoms with Crippen LogP contribution in [0.4, 0.5) is 10.1 Å². The van der Waals surface area contributed by atoms with E-state index < -0.39 is 0 Å². The number of anilines is 1. The van der Waals surface area contributed by atoms with Crippen LogP contribution >= 0.6 is 0 Å². The van der Waals surface area contributed by atoms with Crippen LogP contribution in [0, 0.1) is 5.82 Å². The normalized spacial score (nSPS) is 10.4. The Morgan fingerprint density at radius 2 is 2.12 bits per heavy atom. The fourth-order valence-corrected chi connectivity index (χ4v) is 1.54. The summed E-state index contributed by atoms with van der Waals surface area (Å²) in [4.78, 5) is 1.83. The maximum absolute atomic E-state index is 13.5. The zero-order valence-electron chi connectivity index (χ0n) is 9.26. The number of rotatable bonds is 3. The molecule has 2 aromatic rings. The first kappa shape index (κ1) is 10.6. The van der Waals surface area contributed by atoms with Crippen LogP contribution in [0.15, 0.2) is 30.5 Å². The van der Waals surface area contributed by atoms with Crippen molar-refractivity contribution in [2.75, 3.05) is 11.9 Å². The molecular formula is C11H13FN4. The van der Waals surface area contributed by atoms with Gasteiger partial charge in [-0.15, -0.1) is 5.10 Å². The minimum Gasteiger partial charge on any atom is -0.366 e. The van der Waals surface area contributed by atoms with Crippen LogP contribution in [0.5, 0.6) is 0 Å². The van der Waals surface area contributed by atoms with Crippen molar-refractivity contribution in [3.05, 3.63) is 42.0 Å². The van der Waals surface area contributed by atoms with E-state index in [-0.39, 0.29) is 5.82 Å². The first-order valence-corrected chi connectivity index (χ1v) is 4.97. The van der Waals surface area contributed by atoms with Crippen LogP contribution in [0.3, 0.4) is 0 Å². The summed E-state index contributed by atoms with van der Waals surface area (Å²) in [6.45, 7) is 0.574. The lowest BCUT2D eigenvalue weighted by Gasteiger charge is -2.19. The number of halogens is 1. The van der Waals surface area contributed by atoms with E-state index in [1.807, 2.05) is 25.1 Å². The van der Waals surface area contributed by atoms with Gasteiger partial charge in [-0.3, -0.25) is 4.68 Å². The third kappa shape index (κ3) is 2.03. The Bertz CT molecular complexity index is 480. The Morgan fingerprint density at radius 1 is 1.38 bits per heavy atom. The van der Waals surface area contributed by atoms with E-state index in [0.717, 1.165) is 5.69 Å². The van der Waals surface area contributed by atoms with E-state index in [4.69, 9.17) is 0 Å². The van der Waals surface area contributed by atoms with Gasteiger partial charge in [0.25, 0.3) is 0 Å². The van der Waals surface area contributed by atoms with Gasteiger partial charge in [-0.25, -0.2) is 4.39 Å². The molecule has 1 heterocycles. The highest BCUT2D eigenvalue weighted by atomic mass is 19.1. The molecule has 1 aromatic carbocycles. The minimum absolute atomic E-state index is 0.222. The Labute approximate surface area is 93.3 Å². The maximum Gasteiger partial charge on any atom is 0.146 e. The molecule has 0 aliphatic rings. The molecule has 0 fully saturated rings. The first-order chi connectivity index (χ1) is 7.68. The van der Waals surface area contributed by atoms with Gasteiger partial charge in [0, 0.05) is 14.1 Å². The highest BCUT2D eigenvalue weighted by Gasteiger charge is 2.09. The zero-order valence-corrected chi connectivity index (χ0v) is 9.26. The summed E-state index contributed by atoms with van der Waals surface area (Å²) in [7, 11) is 3.66. The molecule has 0 bridgehead atoms. The smallest absolute Gasteiger partial charge is 0.146 e. The fraction of sp³-hybridized carbons (Fsp3) is 0.273. The van der Waals surface area contributed by atoms with E-state index in [1.165, 1.54) is 6.07 Å². The molecule has 2 rings (SSSR count). The summed E-state index contributed by atoms with van der Waals surface area (Å²) in [6.07, 6.45) is 1.68. The van der Waals surface area contributed by atoms with Crippen molar-refractivity contribution in [3.63, 3.8) is 0 Å². The number of para-hydroxylation sites is 1. The third-order valence-corrected chi connectivity index (χ3v) is 2.47. The highest BCUT2D eigenvalue weighted by Crippen LogP contribution is 2.18. The SMILES string of the molecule is CN(Cc1cnnn1C)c1ccccc1F. The van der Waals surface area contributed by atoms with Gasteiger partial charge in [-0.1, -0.05) is 17.3 Å². The number of benzene rings is 1. The molecule has 0 unspecified atom stereocenters. The Morgan fingerprint density at radius 3 is 2.75 bits per heavy atom. The van der Waals surface area contributed by atoms with Gasteiger partial charge < -0.3 is 4.90 Å². The van der Waals surface area contributed by atoms with Crippen LogP contribution in [-0.2, 0) is 13.6 Å². The number of hydrogen-bond acceptors (Lipinski definition) is 3. The van der Waals surface area contributed by atoms with Gasteiger partial charge in [0.2, 0.25) is 0 Å². The van der Waals surface area contributed by atoms with Crippen LogP contribution in [0.25, 0.3) is 0 Å². The molecule has 1 aromatic heterocycles. The largest absolute Gasteiger partial charge is 0.366 e. The Kier molecular flexibility index (Phi) is 2.85. The average Bonchev–Trinajstić information content (AvgIpc) is 2.65. The maximum atomic E-state index is 13.5. The van der Waals surface area contributed by atoms with E-state index in [0.29, 0.717) is 12.2 Å². The molecule has 4 nitrogen and oxygen atoms in total. The molecule has 0 saturated heterocycles. The van der Waals surface area contributed by atoms with Gasteiger partial charge in [-0.2, -0.15) is 0 Å². The van der Waals surface area contributed by atoms with Crippen molar-refractivity contribution in [2.45, 2.75) is 6.54 Å². The Balaban J connectivity index is 2.18. The average molecular weight is 220 g/mol. The minimum atomic E-state index is -0.222. The molecule has 0 saturated carbocycles. The summed E-state index contributed by atoms with van der Waals surface area (Å²) in [5.74, 6) is -0.222. The summed E-state index contributed by atoms with van der Waals surface area (Å²) in [6, 6.07) is 6.70. The van der Waals surface area contributed by atoms with Crippen LogP contribution in [-0.4, -0.2) is 22.0 Å².